The van der Waals surface area contributed by atoms with Crippen LogP contribution in [0.15, 0.2) is 12.2 Å². The van der Waals surface area contributed by atoms with Crippen LogP contribution in [0.25, 0.3) is 0 Å². The van der Waals surface area contributed by atoms with Crippen molar-refractivity contribution in [1.29, 1.82) is 0 Å². The first-order valence-electron chi connectivity index (χ1n) is 4.76. The molecule has 0 aromatic heterocycles. The summed E-state index contributed by atoms with van der Waals surface area (Å²) in [5.41, 5.74) is 1.51. The van der Waals surface area contributed by atoms with Crippen LogP contribution in [0, 0.1) is 5.41 Å². The lowest BCUT2D eigenvalue weighted by Gasteiger charge is -2.35. The summed E-state index contributed by atoms with van der Waals surface area (Å²) in [6, 6.07) is 0.559. The fraction of sp³-hybridized carbons (Fsp3) is 0.818. The van der Waals surface area contributed by atoms with Crippen molar-refractivity contribution in [3.05, 3.63) is 12.2 Å². The van der Waals surface area contributed by atoms with Gasteiger partial charge >= 0.3 is 0 Å². The standard InChI is InChI=1S/C11H23NS/c1-9(8-13)7-12(6)10(2)11(3,4)5/h10,13H,1,7-8H2,2-6H3. The van der Waals surface area contributed by atoms with E-state index in [-0.39, 0.29) is 0 Å². The number of rotatable bonds is 4. The Kier molecular flexibility index (Phi) is 5.08. The second-order valence-corrected chi connectivity index (χ2v) is 5.18. The van der Waals surface area contributed by atoms with Gasteiger partial charge in [-0.25, -0.2) is 0 Å². The van der Waals surface area contributed by atoms with Gasteiger partial charge in [0, 0.05) is 18.3 Å². The van der Waals surface area contributed by atoms with E-state index in [1.54, 1.807) is 0 Å². The van der Waals surface area contributed by atoms with Gasteiger partial charge in [-0.05, 0) is 19.4 Å². The first-order chi connectivity index (χ1) is 5.79. The SMILES string of the molecule is C=C(CS)CN(C)C(C)C(C)(C)C. The van der Waals surface area contributed by atoms with Gasteiger partial charge in [-0.2, -0.15) is 12.6 Å². The molecule has 0 N–H and O–H groups in total. The number of hydrogen-bond donors (Lipinski definition) is 1. The molecular weight excluding hydrogens is 178 g/mol. The monoisotopic (exact) mass is 201 g/mol. The molecule has 0 heterocycles. The molecule has 0 aromatic carbocycles. The second-order valence-electron chi connectivity index (χ2n) is 4.87. The predicted molar refractivity (Wildman–Crippen MR) is 64.5 cm³/mol. The lowest BCUT2D eigenvalue weighted by atomic mass is 9.87. The van der Waals surface area contributed by atoms with E-state index < -0.39 is 0 Å². The molecule has 0 aliphatic carbocycles. The van der Waals surface area contributed by atoms with Crippen molar-refractivity contribution in [2.24, 2.45) is 5.41 Å². The number of thiol groups is 1. The Hall–Kier alpha value is 0.0500. The summed E-state index contributed by atoms with van der Waals surface area (Å²) in [6.07, 6.45) is 0. The third-order valence-electron chi connectivity index (χ3n) is 2.61. The van der Waals surface area contributed by atoms with Gasteiger partial charge in [0.2, 0.25) is 0 Å². The highest BCUT2D eigenvalue weighted by atomic mass is 32.1. The molecule has 0 radical (unpaired) electrons. The summed E-state index contributed by atoms with van der Waals surface area (Å²) in [5, 5.41) is 0. The highest BCUT2D eigenvalue weighted by Gasteiger charge is 2.23. The van der Waals surface area contributed by atoms with Crippen LogP contribution in [0.1, 0.15) is 27.7 Å². The van der Waals surface area contributed by atoms with Crippen molar-refractivity contribution in [3.63, 3.8) is 0 Å². The van der Waals surface area contributed by atoms with E-state index in [9.17, 15) is 0 Å². The smallest absolute Gasteiger partial charge is 0.0198 e. The molecular formula is C11H23NS. The predicted octanol–water partition coefficient (Wildman–Crippen LogP) is 2.84. The summed E-state index contributed by atoms with van der Waals surface area (Å²) in [4.78, 5) is 2.33. The molecule has 0 amide bonds. The maximum absolute atomic E-state index is 4.20. The molecule has 0 saturated heterocycles. The van der Waals surface area contributed by atoms with Gasteiger partial charge in [-0.3, -0.25) is 4.90 Å². The van der Waals surface area contributed by atoms with Crippen LogP contribution in [0.2, 0.25) is 0 Å². The average molecular weight is 201 g/mol. The van der Waals surface area contributed by atoms with Gasteiger partial charge in [-0.1, -0.05) is 32.9 Å². The van der Waals surface area contributed by atoms with Crippen LogP contribution in [0.3, 0.4) is 0 Å². The maximum Gasteiger partial charge on any atom is 0.0198 e. The van der Waals surface area contributed by atoms with Gasteiger partial charge in [0.25, 0.3) is 0 Å². The summed E-state index contributed by atoms with van der Waals surface area (Å²) in [6.45, 7) is 13.9. The Morgan fingerprint density at radius 1 is 1.46 bits per heavy atom. The largest absolute Gasteiger partial charge is 0.299 e. The van der Waals surface area contributed by atoms with E-state index in [0.717, 1.165) is 12.3 Å². The van der Waals surface area contributed by atoms with Crippen molar-refractivity contribution in [1.82, 2.24) is 4.90 Å². The van der Waals surface area contributed by atoms with E-state index in [2.05, 4.69) is 58.9 Å². The highest BCUT2D eigenvalue weighted by Crippen LogP contribution is 2.23. The summed E-state index contributed by atoms with van der Waals surface area (Å²) in [5.74, 6) is 0.779. The molecule has 1 atom stereocenters. The van der Waals surface area contributed by atoms with Crippen LogP contribution in [-0.2, 0) is 0 Å². The van der Waals surface area contributed by atoms with Crippen LogP contribution >= 0.6 is 12.6 Å². The number of nitrogens with zero attached hydrogens (tertiary/aromatic N) is 1. The zero-order chi connectivity index (χ0) is 10.6. The Morgan fingerprint density at radius 2 is 1.92 bits per heavy atom. The molecule has 0 saturated carbocycles. The van der Waals surface area contributed by atoms with E-state index >= 15 is 0 Å². The summed E-state index contributed by atoms with van der Waals surface area (Å²) >= 11 is 4.20. The third kappa shape index (κ3) is 4.72. The molecule has 0 aromatic rings. The Bertz CT molecular complexity index is 169. The lowest BCUT2D eigenvalue weighted by Crippen LogP contribution is -2.40. The summed E-state index contributed by atoms with van der Waals surface area (Å²) < 4.78 is 0. The molecule has 2 heteroatoms. The molecule has 0 rings (SSSR count). The number of hydrogen-bond acceptors (Lipinski definition) is 2. The molecule has 0 fully saturated rings. The van der Waals surface area contributed by atoms with E-state index in [1.165, 1.54) is 5.57 Å². The van der Waals surface area contributed by atoms with Crippen molar-refractivity contribution < 1.29 is 0 Å². The fourth-order valence-electron chi connectivity index (χ4n) is 1.20. The summed E-state index contributed by atoms with van der Waals surface area (Å²) in [7, 11) is 2.14. The van der Waals surface area contributed by atoms with Crippen LogP contribution in [-0.4, -0.2) is 30.3 Å². The Balaban J connectivity index is 4.11. The highest BCUT2D eigenvalue weighted by molar-refractivity contribution is 7.80. The van der Waals surface area contributed by atoms with Gasteiger partial charge in [0.05, 0.1) is 0 Å². The van der Waals surface area contributed by atoms with E-state index in [4.69, 9.17) is 0 Å². The van der Waals surface area contributed by atoms with Crippen LogP contribution in [0.4, 0.5) is 0 Å². The van der Waals surface area contributed by atoms with E-state index in [0.29, 0.717) is 11.5 Å². The minimum Gasteiger partial charge on any atom is -0.299 e. The molecule has 0 aliphatic heterocycles. The zero-order valence-electron chi connectivity index (χ0n) is 9.59. The second kappa shape index (κ2) is 5.06. The van der Waals surface area contributed by atoms with Crippen molar-refractivity contribution >= 4 is 12.6 Å². The van der Waals surface area contributed by atoms with Gasteiger partial charge in [0.15, 0.2) is 0 Å². The first-order valence-corrected chi connectivity index (χ1v) is 5.40. The first kappa shape index (κ1) is 13.1. The van der Waals surface area contributed by atoms with Crippen LogP contribution < -0.4 is 0 Å². The molecule has 78 valence electrons. The normalized spacial score (nSPS) is 14.7. The van der Waals surface area contributed by atoms with Crippen molar-refractivity contribution in [3.8, 4) is 0 Å². The van der Waals surface area contributed by atoms with Crippen molar-refractivity contribution in [2.75, 3.05) is 19.3 Å². The van der Waals surface area contributed by atoms with E-state index in [1.807, 2.05) is 0 Å². The maximum atomic E-state index is 4.20. The third-order valence-corrected chi connectivity index (χ3v) is 3.06. The van der Waals surface area contributed by atoms with Gasteiger partial charge in [-0.15, -0.1) is 0 Å². The van der Waals surface area contributed by atoms with Gasteiger partial charge < -0.3 is 0 Å². The topological polar surface area (TPSA) is 3.24 Å². The Labute approximate surface area is 88.6 Å². The van der Waals surface area contributed by atoms with Gasteiger partial charge in [0.1, 0.15) is 0 Å². The molecule has 0 bridgehead atoms. The molecule has 1 unspecified atom stereocenters. The minimum atomic E-state index is 0.325. The van der Waals surface area contributed by atoms with Crippen molar-refractivity contribution in [2.45, 2.75) is 33.7 Å². The molecule has 0 aliphatic rings. The number of likely N-dealkylation sites (N-methyl/N-ethyl adjacent to an activating group) is 1. The average Bonchev–Trinajstić information content (AvgIpc) is 2.01. The molecule has 13 heavy (non-hydrogen) atoms. The minimum absolute atomic E-state index is 0.325. The molecule has 1 nitrogen and oxygen atoms in total. The zero-order valence-corrected chi connectivity index (χ0v) is 10.5. The molecule has 0 spiro atoms. The van der Waals surface area contributed by atoms with Crippen LogP contribution in [0.5, 0.6) is 0 Å². The quantitative estimate of drug-likeness (QED) is 0.541. The lowest BCUT2D eigenvalue weighted by molar-refractivity contribution is 0.151. The fourth-order valence-corrected chi connectivity index (χ4v) is 1.30. The Morgan fingerprint density at radius 3 is 2.23 bits per heavy atom.